The molecule has 0 saturated carbocycles. The zero-order valence-corrected chi connectivity index (χ0v) is 14.9. The first-order valence-electron chi connectivity index (χ1n) is 8.58. The molecule has 0 aliphatic carbocycles. The van der Waals surface area contributed by atoms with Crippen molar-refractivity contribution < 1.29 is 13.2 Å². The lowest BCUT2D eigenvalue weighted by molar-refractivity contribution is -0.144. The maximum absolute atomic E-state index is 13.1. The maximum atomic E-state index is 13.1. The number of nitrogens with zero attached hydrogens (tertiary/aromatic N) is 4. The smallest absolute Gasteiger partial charge is 0.371 e. The highest BCUT2D eigenvalue weighted by Gasteiger charge is 2.36. The third-order valence-corrected chi connectivity index (χ3v) is 4.37. The second-order valence-electron chi connectivity index (χ2n) is 6.25. The van der Waals surface area contributed by atoms with Crippen LogP contribution in [0.4, 0.5) is 19.0 Å². The Labute approximate surface area is 158 Å². The van der Waals surface area contributed by atoms with Crippen molar-refractivity contribution in [3.05, 3.63) is 72.3 Å². The molecular formula is C20H16F3N5. The van der Waals surface area contributed by atoms with E-state index in [4.69, 9.17) is 0 Å². The molecule has 2 heterocycles. The molecule has 8 heteroatoms. The molecular weight excluding hydrogens is 367 g/mol. The van der Waals surface area contributed by atoms with Crippen molar-refractivity contribution in [2.45, 2.75) is 12.7 Å². The largest absolute Gasteiger partial charge is 0.451 e. The first kappa shape index (κ1) is 18.0. The SMILES string of the molecule is CNc1nc(C(F)(F)F)nc2c1ncn2Cc1ccc(-c2ccccc2)cc1. The quantitative estimate of drug-likeness (QED) is 0.560. The molecule has 2 aromatic heterocycles. The number of halogens is 3. The third-order valence-electron chi connectivity index (χ3n) is 4.37. The molecule has 0 aliphatic rings. The topological polar surface area (TPSA) is 55.6 Å². The Bertz CT molecular complexity index is 1100. The van der Waals surface area contributed by atoms with Crippen LogP contribution in [0.1, 0.15) is 11.4 Å². The number of hydrogen-bond donors (Lipinski definition) is 1. The summed E-state index contributed by atoms with van der Waals surface area (Å²) in [4.78, 5) is 11.4. The lowest BCUT2D eigenvalue weighted by Gasteiger charge is -2.10. The van der Waals surface area contributed by atoms with Crippen molar-refractivity contribution in [1.29, 1.82) is 0 Å². The number of hydrogen-bond acceptors (Lipinski definition) is 4. The number of nitrogens with one attached hydrogen (secondary N) is 1. The van der Waals surface area contributed by atoms with Crippen LogP contribution in [0.5, 0.6) is 0 Å². The van der Waals surface area contributed by atoms with Gasteiger partial charge in [0, 0.05) is 7.05 Å². The van der Waals surface area contributed by atoms with Gasteiger partial charge in [-0.25, -0.2) is 15.0 Å². The highest BCUT2D eigenvalue weighted by molar-refractivity contribution is 5.83. The van der Waals surface area contributed by atoms with Gasteiger partial charge < -0.3 is 9.88 Å². The van der Waals surface area contributed by atoms with Gasteiger partial charge in [0.2, 0.25) is 5.82 Å². The summed E-state index contributed by atoms with van der Waals surface area (Å²) in [5, 5.41) is 2.66. The number of benzene rings is 2. The molecule has 0 unspecified atom stereocenters. The maximum Gasteiger partial charge on any atom is 0.451 e. The van der Waals surface area contributed by atoms with Crippen LogP contribution in [-0.2, 0) is 12.7 Å². The second kappa shape index (κ2) is 6.95. The summed E-state index contributed by atoms with van der Waals surface area (Å²) < 4.78 is 40.9. The molecule has 4 aromatic rings. The fourth-order valence-electron chi connectivity index (χ4n) is 2.99. The van der Waals surface area contributed by atoms with Gasteiger partial charge in [-0.1, -0.05) is 54.6 Å². The molecule has 142 valence electrons. The van der Waals surface area contributed by atoms with Gasteiger partial charge in [0.25, 0.3) is 0 Å². The van der Waals surface area contributed by atoms with E-state index in [0.29, 0.717) is 12.1 Å². The van der Waals surface area contributed by atoms with Crippen LogP contribution < -0.4 is 5.32 Å². The Morgan fingerprint density at radius 3 is 2.25 bits per heavy atom. The van der Waals surface area contributed by atoms with Crippen molar-refractivity contribution in [2.24, 2.45) is 0 Å². The minimum atomic E-state index is -4.63. The number of anilines is 1. The van der Waals surface area contributed by atoms with E-state index in [1.807, 2.05) is 54.6 Å². The van der Waals surface area contributed by atoms with Crippen molar-refractivity contribution >= 4 is 17.0 Å². The van der Waals surface area contributed by atoms with E-state index >= 15 is 0 Å². The van der Waals surface area contributed by atoms with Gasteiger partial charge in [-0.05, 0) is 16.7 Å². The van der Waals surface area contributed by atoms with Crippen molar-refractivity contribution in [1.82, 2.24) is 19.5 Å². The number of alkyl halides is 3. The average Bonchev–Trinajstić information content (AvgIpc) is 3.11. The van der Waals surface area contributed by atoms with E-state index in [9.17, 15) is 13.2 Å². The Morgan fingerprint density at radius 1 is 0.929 bits per heavy atom. The van der Waals surface area contributed by atoms with Crippen LogP contribution in [-0.4, -0.2) is 26.6 Å². The molecule has 0 aliphatic heterocycles. The second-order valence-corrected chi connectivity index (χ2v) is 6.25. The molecule has 0 amide bonds. The summed E-state index contributed by atoms with van der Waals surface area (Å²) in [6, 6.07) is 17.8. The van der Waals surface area contributed by atoms with Gasteiger partial charge >= 0.3 is 6.18 Å². The summed E-state index contributed by atoms with van der Waals surface area (Å²) in [7, 11) is 1.50. The van der Waals surface area contributed by atoms with E-state index in [0.717, 1.165) is 16.7 Å². The number of imidazole rings is 1. The first-order valence-corrected chi connectivity index (χ1v) is 8.58. The minimum Gasteiger partial charge on any atom is -0.371 e. The van der Waals surface area contributed by atoms with E-state index in [1.165, 1.54) is 13.4 Å². The molecule has 1 N–H and O–H groups in total. The Kier molecular flexibility index (Phi) is 4.46. The zero-order valence-electron chi connectivity index (χ0n) is 14.9. The van der Waals surface area contributed by atoms with Crippen molar-refractivity contribution in [3.8, 4) is 11.1 Å². The Morgan fingerprint density at radius 2 is 1.61 bits per heavy atom. The van der Waals surface area contributed by atoms with Crippen LogP contribution >= 0.6 is 0 Å². The summed E-state index contributed by atoms with van der Waals surface area (Å²) in [5.41, 5.74) is 3.54. The molecule has 2 aromatic carbocycles. The first-order chi connectivity index (χ1) is 13.5. The molecule has 0 radical (unpaired) electrons. The molecule has 0 bridgehead atoms. The van der Waals surface area contributed by atoms with Crippen LogP contribution in [0.2, 0.25) is 0 Å². The van der Waals surface area contributed by atoms with E-state index in [-0.39, 0.29) is 11.5 Å². The third kappa shape index (κ3) is 3.40. The Balaban J connectivity index is 1.68. The van der Waals surface area contributed by atoms with Gasteiger partial charge in [0.15, 0.2) is 11.5 Å². The fraction of sp³-hybridized carbons (Fsp3) is 0.150. The molecule has 0 fully saturated rings. The van der Waals surface area contributed by atoms with Gasteiger partial charge in [-0.15, -0.1) is 0 Å². The molecule has 0 atom stereocenters. The van der Waals surface area contributed by atoms with Crippen LogP contribution in [0.25, 0.3) is 22.3 Å². The average molecular weight is 383 g/mol. The summed E-state index contributed by atoms with van der Waals surface area (Å²) in [5.74, 6) is -1.14. The van der Waals surface area contributed by atoms with Crippen molar-refractivity contribution in [3.63, 3.8) is 0 Å². The summed E-state index contributed by atoms with van der Waals surface area (Å²) in [6.07, 6.45) is -3.16. The van der Waals surface area contributed by atoms with Crippen molar-refractivity contribution in [2.75, 3.05) is 12.4 Å². The van der Waals surface area contributed by atoms with E-state index in [1.54, 1.807) is 4.57 Å². The predicted octanol–water partition coefficient (Wildman–Crippen LogP) is 4.60. The summed E-state index contributed by atoms with van der Waals surface area (Å²) >= 11 is 0. The normalized spacial score (nSPS) is 11.7. The minimum absolute atomic E-state index is 0.0514. The standard InChI is InChI=1S/C20H16F3N5/c1-24-17-16-18(27-19(26-17)20(21,22)23)28(12-25-16)11-13-7-9-15(10-8-13)14-5-3-2-4-6-14/h2-10,12H,11H2,1H3,(H,24,26,27). The highest BCUT2D eigenvalue weighted by Crippen LogP contribution is 2.30. The lowest BCUT2D eigenvalue weighted by Crippen LogP contribution is -2.13. The van der Waals surface area contributed by atoms with Gasteiger partial charge in [0.05, 0.1) is 12.9 Å². The molecule has 5 nitrogen and oxygen atoms in total. The highest BCUT2D eigenvalue weighted by atomic mass is 19.4. The molecule has 0 saturated heterocycles. The monoisotopic (exact) mass is 383 g/mol. The molecule has 28 heavy (non-hydrogen) atoms. The van der Waals surface area contributed by atoms with Crippen LogP contribution in [0.15, 0.2) is 60.9 Å². The van der Waals surface area contributed by atoms with E-state index in [2.05, 4.69) is 20.3 Å². The number of fused-ring (bicyclic) bond motifs is 1. The fourth-order valence-corrected chi connectivity index (χ4v) is 2.99. The van der Waals surface area contributed by atoms with Crippen LogP contribution in [0.3, 0.4) is 0 Å². The molecule has 4 rings (SSSR count). The van der Waals surface area contributed by atoms with Gasteiger partial charge in [-0.3, -0.25) is 0 Å². The van der Waals surface area contributed by atoms with Gasteiger partial charge in [-0.2, -0.15) is 13.2 Å². The number of rotatable bonds is 4. The lowest BCUT2D eigenvalue weighted by atomic mass is 10.0. The molecule has 0 spiro atoms. The predicted molar refractivity (Wildman–Crippen MR) is 101 cm³/mol. The zero-order chi connectivity index (χ0) is 19.7. The van der Waals surface area contributed by atoms with E-state index < -0.39 is 12.0 Å². The van der Waals surface area contributed by atoms with Gasteiger partial charge in [0.1, 0.15) is 5.52 Å². The van der Waals surface area contributed by atoms with Crippen LogP contribution in [0, 0.1) is 0 Å². The summed E-state index contributed by atoms with van der Waals surface area (Å²) in [6.45, 7) is 0.350. The Hall–Kier alpha value is -3.42. The number of aromatic nitrogens is 4.